The molecule has 1 aromatic carbocycles. The number of carbonyl (C=O) groups is 1. The smallest absolute Gasteiger partial charge is 0.228 e. The first kappa shape index (κ1) is 22.7. The molecular formula is C22H31FN2O4S. The third kappa shape index (κ3) is 4.54. The Morgan fingerprint density at radius 1 is 1.13 bits per heavy atom. The van der Waals surface area contributed by atoms with Gasteiger partial charge in [0.25, 0.3) is 0 Å². The number of nitrogens with two attached hydrogens (primary N) is 1. The van der Waals surface area contributed by atoms with Gasteiger partial charge in [-0.05, 0) is 68.2 Å². The van der Waals surface area contributed by atoms with E-state index in [0.717, 1.165) is 38.5 Å². The van der Waals surface area contributed by atoms with Crippen molar-refractivity contribution in [3.05, 3.63) is 36.2 Å². The molecule has 2 bridgehead atoms. The molecule has 6 nitrogen and oxygen atoms in total. The normalized spacial score (nSPS) is 26.5. The predicted molar refractivity (Wildman–Crippen MR) is 113 cm³/mol. The van der Waals surface area contributed by atoms with E-state index >= 15 is 0 Å². The van der Waals surface area contributed by atoms with E-state index in [1.807, 2.05) is 0 Å². The average Bonchev–Trinajstić information content (AvgIpc) is 2.75. The molecule has 3 aliphatic carbocycles. The van der Waals surface area contributed by atoms with Gasteiger partial charge in [-0.3, -0.25) is 4.79 Å². The van der Waals surface area contributed by atoms with Gasteiger partial charge < -0.3 is 15.4 Å². The average molecular weight is 439 g/mol. The Hall–Kier alpha value is -1.93. The molecule has 0 unspecified atom stereocenters. The van der Waals surface area contributed by atoms with Crippen molar-refractivity contribution >= 4 is 15.7 Å². The zero-order chi connectivity index (χ0) is 22.0. The molecule has 3 aliphatic rings. The number of benzene rings is 1. The molecule has 0 aliphatic heterocycles. The first-order chi connectivity index (χ1) is 14.2. The molecule has 0 atom stereocenters. The number of nitrogens with zero attached hydrogens (tertiary/aromatic N) is 1. The molecule has 8 heteroatoms. The number of sulfone groups is 1. The first-order valence-corrected chi connectivity index (χ1v) is 12.0. The van der Waals surface area contributed by atoms with Crippen LogP contribution in [0.15, 0.2) is 41.1 Å². The van der Waals surface area contributed by atoms with Crippen LogP contribution >= 0.6 is 0 Å². The minimum Gasteiger partial charge on any atom is -0.489 e. The van der Waals surface area contributed by atoms with Crippen molar-refractivity contribution < 1.29 is 22.3 Å². The quantitative estimate of drug-likeness (QED) is 0.674. The summed E-state index contributed by atoms with van der Waals surface area (Å²) < 4.78 is 44.2. The van der Waals surface area contributed by atoms with Crippen LogP contribution in [0.3, 0.4) is 0 Å². The first-order valence-electron chi connectivity index (χ1n) is 10.3. The van der Waals surface area contributed by atoms with E-state index in [1.165, 1.54) is 12.1 Å². The summed E-state index contributed by atoms with van der Waals surface area (Å²) in [7, 11) is 0.114. The molecule has 2 N–H and O–H groups in total. The van der Waals surface area contributed by atoms with Crippen molar-refractivity contribution in [1.82, 2.24) is 4.90 Å². The zero-order valence-corrected chi connectivity index (χ0v) is 18.5. The molecule has 4 rings (SSSR count). The number of carbonyl (C=O) groups excluding carboxylic acids is 1. The van der Waals surface area contributed by atoms with Gasteiger partial charge in [0.15, 0.2) is 9.84 Å². The van der Waals surface area contributed by atoms with Gasteiger partial charge in [0, 0.05) is 31.6 Å². The molecule has 0 saturated heterocycles. The molecule has 3 saturated carbocycles. The molecule has 3 fully saturated rings. The molecule has 0 spiro atoms. The van der Waals surface area contributed by atoms with Gasteiger partial charge in [0.05, 0.1) is 17.0 Å². The van der Waals surface area contributed by atoms with Crippen LogP contribution in [0.1, 0.15) is 38.5 Å². The summed E-state index contributed by atoms with van der Waals surface area (Å²) in [6, 6.07) is 6.24. The lowest BCUT2D eigenvalue weighted by atomic mass is 9.54. The van der Waals surface area contributed by atoms with Crippen molar-refractivity contribution in [3.63, 3.8) is 0 Å². The van der Waals surface area contributed by atoms with E-state index < -0.39 is 9.84 Å². The largest absolute Gasteiger partial charge is 0.489 e. The highest BCUT2D eigenvalue weighted by atomic mass is 32.2. The second-order valence-corrected chi connectivity index (χ2v) is 11.0. The van der Waals surface area contributed by atoms with Crippen LogP contribution in [0.2, 0.25) is 0 Å². The van der Waals surface area contributed by atoms with E-state index in [0.29, 0.717) is 17.7 Å². The Labute approximate surface area is 178 Å². The van der Waals surface area contributed by atoms with Crippen molar-refractivity contribution in [2.45, 2.75) is 43.4 Å². The van der Waals surface area contributed by atoms with Crippen molar-refractivity contribution in [2.24, 2.45) is 16.6 Å². The zero-order valence-electron chi connectivity index (χ0n) is 17.7. The summed E-state index contributed by atoms with van der Waals surface area (Å²) in [5, 5.41) is 0. The lowest BCUT2D eigenvalue weighted by Gasteiger charge is -2.53. The Kier molecular flexibility index (Phi) is 6.57. The Bertz CT molecular complexity index is 885. The van der Waals surface area contributed by atoms with Crippen LogP contribution in [0.4, 0.5) is 4.39 Å². The van der Waals surface area contributed by atoms with Gasteiger partial charge >= 0.3 is 0 Å². The fourth-order valence-electron chi connectivity index (χ4n) is 4.82. The number of ether oxygens (including phenoxy) is 1. The Balaban J connectivity index is 1.65. The molecule has 1 aromatic rings. The second-order valence-electron chi connectivity index (χ2n) is 8.97. The van der Waals surface area contributed by atoms with Crippen LogP contribution in [0.5, 0.6) is 5.75 Å². The lowest BCUT2D eigenvalue weighted by molar-refractivity contribution is -0.148. The highest BCUT2D eigenvalue weighted by Gasteiger charge is 2.53. The molecule has 1 amide bonds. The van der Waals surface area contributed by atoms with Crippen LogP contribution < -0.4 is 10.5 Å². The van der Waals surface area contributed by atoms with E-state index in [1.54, 1.807) is 31.1 Å². The van der Waals surface area contributed by atoms with Gasteiger partial charge in [0.1, 0.15) is 12.4 Å². The number of fused-ring (bicyclic) bond motifs is 3. The summed E-state index contributed by atoms with van der Waals surface area (Å²) in [6.45, 7) is 0.0854. The number of hydrogen-bond donors (Lipinski definition) is 1. The fraction of sp³-hybridized carbons (Fsp3) is 0.591. The maximum atomic E-state index is 13.1. The standard InChI is InChI=1S/C22H31FN2O4S/c1-25(2)20(26)22-10-7-21(8-11-22,9-12-22)16-30(27,28)19-5-3-18(4-6-19)29-15-17(13-23)14-24/h3-6,13H,7-12,14-16,24H2,1-2H3/b17-13+. The fourth-order valence-corrected chi connectivity index (χ4v) is 6.77. The van der Waals surface area contributed by atoms with E-state index in [-0.39, 0.29) is 40.5 Å². The predicted octanol–water partition coefficient (Wildman–Crippen LogP) is 3.08. The van der Waals surface area contributed by atoms with Gasteiger partial charge in [0.2, 0.25) is 5.91 Å². The summed E-state index contributed by atoms with van der Waals surface area (Å²) in [6.07, 6.45) is 5.01. The number of halogens is 1. The number of amides is 1. The summed E-state index contributed by atoms with van der Waals surface area (Å²) >= 11 is 0. The van der Waals surface area contributed by atoms with Gasteiger partial charge in [-0.25, -0.2) is 12.8 Å². The highest BCUT2D eigenvalue weighted by Crippen LogP contribution is 2.58. The van der Waals surface area contributed by atoms with E-state index in [9.17, 15) is 17.6 Å². The maximum absolute atomic E-state index is 13.1. The molecular weight excluding hydrogens is 407 g/mol. The highest BCUT2D eigenvalue weighted by molar-refractivity contribution is 7.91. The monoisotopic (exact) mass is 438 g/mol. The van der Waals surface area contributed by atoms with E-state index in [4.69, 9.17) is 10.5 Å². The molecule has 30 heavy (non-hydrogen) atoms. The molecule has 0 aromatic heterocycles. The SMILES string of the molecule is CN(C)C(=O)C12CCC(CS(=O)(=O)c3ccc(OC/C(=C/F)CN)cc3)(CC1)CC2. The van der Waals surface area contributed by atoms with Crippen LogP contribution in [0, 0.1) is 10.8 Å². The molecule has 0 radical (unpaired) electrons. The lowest BCUT2D eigenvalue weighted by Crippen LogP contribution is -2.51. The number of hydrogen-bond acceptors (Lipinski definition) is 5. The maximum Gasteiger partial charge on any atom is 0.228 e. The summed E-state index contributed by atoms with van der Waals surface area (Å²) in [5.41, 5.74) is 5.17. The molecule has 166 valence electrons. The Morgan fingerprint density at radius 3 is 2.17 bits per heavy atom. The topological polar surface area (TPSA) is 89.7 Å². The third-order valence-corrected chi connectivity index (χ3v) is 8.76. The van der Waals surface area contributed by atoms with Crippen molar-refractivity contribution in [2.75, 3.05) is 33.0 Å². The van der Waals surface area contributed by atoms with Gasteiger partial charge in [-0.2, -0.15) is 0 Å². The third-order valence-electron chi connectivity index (χ3n) is 6.78. The van der Waals surface area contributed by atoms with Gasteiger partial charge in [-0.15, -0.1) is 0 Å². The minimum atomic E-state index is -3.46. The van der Waals surface area contributed by atoms with Crippen LogP contribution in [0.25, 0.3) is 0 Å². The molecule has 0 heterocycles. The van der Waals surface area contributed by atoms with Gasteiger partial charge in [-0.1, -0.05) is 0 Å². The van der Waals surface area contributed by atoms with Crippen LogP contribution in [-0.4, -0.2) is 52.2 Å². The Morgan fingerprint density at radius 2 is 1.70 bits per heavy atom. The summed E-state index contributed by atoms with van der Waals surface area (Å²) in [4.78, 5) is 14.5. The van der Waals surface area contributed by atoms with E-state index in [2.05, 4.69) is 0 Å². The second kappa shape index (κ2) is 8.67. The number of rotatable bonds is 8. The summed E-state index contributed by atoms with van der Waals surface area (Å²) in [5.74, 6) is 0.741. The minimum absolute atomic E-state index is 0.0234. The van der Waals surface area contributed by atoms with Crippen LogP contribution in [-0.2, 0) is 14.6 Å². The van der Waals surface area contributed by atoms with Crippen molar-refractivity contribution in [1.29, 1.82) is 0 Å². The van der Waals surface area contributed by atoms with Crippen molar-refractivity contribution in [3.8, 4) is 5.75 Å².